The van der Waals surface area contributed by atoms with Crippen LogP contribution >= 0.6 is 0 Å². The number of aromatic nitrogens is 2. The molecule has 0 atom stereocenters. The predicted molar refractivity (Wildman–Crippen MR) is 77.6 cm³/mol. The maximum atomic E-state index is 11.1. The van der Waals surface area contributed by atoms with Gasteiger partial charge in [-0.1, -0.05) is 25.1 Å². The zero-order chi connectivity index (χ0) is 14.7. The van der Waals surface area contributed by atoms with Crippen LogP contribution in [0.4, 0.5) is 11.5 Å². The largest absolute Gasteiger partial charge is 0.477 e. The number of nitrogens with zero attached hydrogens (tertiary/aromatic N) is 2. The SMILES string of the molecule is CCc1nc(Nc2c(C)cccc2C)cc(C(=O)O)n1. The molecular weight excluding hydrogens is 254 g/mol. The second-order valence-electron chi connectivity index (χ2n) is 4.61. The Labute approximate surface area is 117 Å². The van der Waals surface area contributed by atoms with Crippen LogP contribution < -0.4 is 5.32 Å². The molecule has 5 nitrogen and oxygen atoms in total. The Morgan fingerprint density at radius 2 is 1.90 bits per heavy atom. The van der Waals surface area contributed by atoms with Crippen LogP contribution in [-0.4, -0.2) is 21.0 Å². The molecule has 2 rings (SSSR count). The highest BCUT2D eigenvalue weighted by molar-refractivity contribution is 5.86. The third-order valence-corrected chi connectivity index (χ3v) is 3.04. The molecule has 0 aliphatic carbocycles. The summed E-state index contributed by atoms with van der Waals surface area (Å²) >= 11 is 0. The summed E-state index contributed by atoms with van der Waals surface area (Å²) in [6.07, 6.45) is 0.586. The molecule has 0 bridgehead atoms. The molecule has 2 N–H and O–H groups in total. The van der Waals surface area contributed by atoms with Crippen LogP contribution in [0, 0.1) is 13.8 Å². The Morgan fingerprint density at radius 3 is 2.45 bits per heavy atom. The van der Waals surface area contributed by atoms with Gasteiger partial charge in [-0.25, -0.2) is 14.8 Å². The molecule has 0 saturated heterocycles. The van der Waals surface area contributed by atoms with E-state index >= 15 is 0 Å². The fourth-order valence-corrected chi connectivity index (χ4v) is 1.97. The number of hydrogen-bond donors (Lipinski definition) is 2. The summed E-state index contributed by atoms with van der Waals surface area (Å²) in [5.41, 5.74) is 3.12. The molecule has 0 aliphatic rings. The number of para-hydroxylation sites is 1. The topological polar surface area (TPSA) is 75.1 Å². The lowest BCUT2D eigenvalue weighted by atomic mass is 10.1. The van der Waals surface area contributed by atoms with Crippen molar-refractivity contribution in [2.24, 2.45) is 0 Å². The Kier molecular flexibility index (Phi) is 3.98. The summed E-state index contributed by atoms with van der Waals surface area (Å²) in [7, 11) is 0. The summed E-state index contributed by atoms with van der Waals surface area (Å²) in [6.45, 7) is 5.88. The fraction of sp³-hybridized carbons (Fsp3) is 0.267. The van der Waals surface area contributed by atoms with E-state index in [1.165, 1.54) is 6.07 Å². The van der Waals surface area contributed by atoms with Gasteiger partial charge in [-0.15, -0.1) is 0 Å². The highest BCUT2D eigenvalue weighted by atomic mass is 16.4. The van der Waals surface area contributed by atoms with Crippen molar-refractivity contribution >= 4 is 17.5 Å². The highest BCUT2D eigenvalue weighted by Crippen LogP contribution is 2.23. The minimum atomic E-state index is -1.05. The summed E-state index contributed by atoms with van der Waals surface area (Å²) in [6, 6.07) is 7.42. The van der Waals surface area contributed by atoms with Crippen molar-refractivity contribution in [3.8, 4) is 0 Å². The Morgan fingerprint density at radius 1 is 1.25 bits per heavy atom. The molecule has 104 valence electrons. The van der Waals surface area contributed by atoms with Crippen LogP contribution in [-0.2, 0) is 6.42 Å². The average molecular weight is 271 g/mol. The third-order valence-electron chi connectivity index (χ3n) is 3.04. The van der Waals surface area contributed by atoms with E-state index in [2.05, 4.69) is 15.3 Å². The Bertz CT molecular complexity index is 633. The van der Waals surface area contributed by atoms with Gasteiger partial charge < -0.3 is 10.4 Å². The highest BCUT2D eigenvalue weighted by Gasteiger charge is 2.11. The number of aryl methyl sites for hydroxylation is 3. The summed E-state index contributed by atoms with van der Waals surface area (Å²) in [4.78, 5) is 19.4. The normalized spacial score (nSPS) is 10.3. The van der Waals surface area contributed by atoms with E-state index in [0.29, 0.717) is 18.1 Å². The lowest BCUT2D eigenvalue weighted by Gasteiger charge is -2.13. The molecule has 0 fully saturated rings. The predicted octanol–water partition coefficient (Wildman–Crippen LogP) is 3.10. The molecule has 0 spiro atoms. The van der Waals surface area contributed by atoms with E-state index in [9.17, 15) is 4.79 Å². The van der Waals surface area contributed by atoms with Gasteiger partial charge in [0.15, 0.2) is 5.69 Å². The molecule has 0 radical (unpaired) electrons. The van der Waals surface area contributed by atoms with Gasteiger partial charge in [-0.05, 0) is 25.0 Å². The molecule has 1 aromatic heterocycles. The number of rotatable bonds is 4. The smallest absolute Gasteiger partial charge is 0.354 e. The fourth-order valence-electron chi connectivity index (χ4n) is 1.97. The van der Waals surface area contributed by atoms with Crippen LogP contribution in [0.5, 0.6) is 0 Å². The number of benzene rings is 1. The van der Waals surface area contributed by atoms with E-state index in [1.54, 1.807) is 0 Å². The number of anilines is 2. The number of carboxylic acid groups (broad SMARTS) is 1. The van der Waals surface area contributed by atoms with Gasteiger partial charge in [0.2, 0.25) is 0 Å². The monoisotopic (exact) mass is 271 g/mol. The van der Waals surface area contributed by atoms with Gasteiger partial charge in [0.25, 0.3) is 0 Å². The zero-order valence-electron chi connectivity index (χ0n) is 11.8. The van der Waals surface area contributed by atoms with Crippen molar-refractivity contribution < 1.29 is 9.90 Å². The summed E-state index contributed by atoms with van der Waals surface area (Å²) in [5.74, 6) is -0.0306. The van der Waals surface area contributed by atoms with Gasteiger partial charge in [-0.3, -0.25) is 0 Å². The average Bonchev–Trinajstić information content (AvgIpc) is 2.42. The molecular formula is C15H17N3O2. The van der Waals surface area contributed by atoms with E-state index in [0.717, 1.165) is 16.8 Å². The molecule has 0 unspecified atom stereocenters. The number of aromatic carboxylic acids is 1. The number of nitrogens with one attached hydrogen (secondary N) is 1. The van der Waals surface area contributed by atoms with Crippen molar-refractivity contribution in [2.45, 2.75) is 27.2 Å². The summed E-state index contributed by atoms with van der Waals surface area (Å²) in [5, 5.41) is 12.3. The molecule has 1 aromatic carbocycles. The minimum Gasteiger partial charge on any atom is -0.477 e. The van der Waals surface area contributed by atoms with Crippen LogP contribution in [0.3, 0.4) is 0 Å². The molecule has 2 aromatic rings. The van der Waals surface area contributed by atoms with Crippen molar-refractivity contribution in [3.05, 3.63) is 46.9 Å². The third kappa shape index (κ3) is 2.93. The lowest BCUT2D eigenvalue weighted by Crippen LogP contribution is -2.08. The second kappa shape index (κ2) is 5.69. The summed E-state index contributed by atoms with van der Waals surface area (Å²) < 4.78 is 0. The number of carboxylic acids is 1. The van der Waals surface area contributed by atoms with Crippen LogP contribution in [0.25, 0.3) is 0 Å². The lowest BCUT2D eigenvalue weighted by molar-refractivity contribution is 0.0690. The first-order chi connectivity index (χ1) is 9.51. The van der Waals surface area contributed by atoms with Crippen LogP contribution in [0.2, 0.25) is 0 Å². The first-order valence-electron chi connectivity index (χ1n) is 6.45. The zero-order valence-corrected chi connectivity index (χ0v) is 11.8. The minimum absolute atomic E-state index is 0.00517. The first kappa shape index (κ1) is 14.0. The van der Waals surface area contributed by atoms with E-state index in [4.69, 9.17) is 5.11 Å². The number of hydrogen-bond acceptors (Lipinski definition) is 4. The molecule has 0 aliphatic heterocycles. The number of carbonyl (C=O) groups is 1. The molecule has 0 amide bonds. The first-order valence-corrected chi connectivity index (χ1v) is 6.45. The quantitative estimate of drug-likeness (QED) is 0.893. The van der Waals surface area contributed by atoms with Gasteiger partial charge in [-0.2, -0.15) is 0 Å². The molecule has 1 heterocycles. The van der Waals surface area contributed by atoms with Crippen molar-refractivity contribution in [2.75, 3.05) is 5.32 Å². The maximum absolute atomic E-state index is 11.1. The van der Waals surface area contributed by atoms with Crippen molar-refractivity contribution in [3.63, 3.8) is 0 Å². The van der Waals surface area contributed by atoms with E-state index in [-0.39, 0.29) is 5.69 Å². The van der Waals surface area contributed by atoms with Crippen LogP contribution in [0.15, 0.2) is 24.3 Å². The molecule has 5 heteroatoms. The van der Waals surface area contributed by atoms with Gasteiger partial charge in [0, 0.05) is 18.2 Å². The van der Waals surface area contributed by atoms with Crippen LogP contribution in [0.1, 0.15) is 34.4 Å². The van der Waals surface area contributed by atoms with E-state index < -0.39 is 5.97 Å². The van der Waals surface area contributed by atoms with Gasteiger partial charge in [0.05, 0.1) is 0 Å². The second-order valence-corrected chi connectivity index (χ2v) is 4.61. The van der Waals surface area contributed by atoms with Crippen molar-refractivity contribution in [1.82, 2.24) is 9.97 Å². The van der Waals surface area contributed by atoms with Crippen molar-refractivity contribution in [1.29, 1.82) is 0 Å². The van der Waals surface area contributed by atoms with Gasteiger partial charge >= 0.3 is 5.97 Å². The Balaban J connectivity index is 2.43. The Hall–Kier alpha value is -2.43. The standard InChI is InChI=1S/C15H17N3O2/c1-4-12-16-11(15(19)20)8-13(17-12)18-14-9(2)6-5-7-10(14)3/h5-8H,4H2,1-3H3,(H,19,20)(H,16,17,18). The molecule has 0 saturated carbocycles. The molecule has 20 heavy (non-hydrogen) atoms. The maximum Gasteiger partial charge on any atom is 0.354 e. The van der Waals surface area contributed by atoms with Gasteiger partial charge in [0.1, 0.15) is 11.6 Å². The van der Waals surface area contributed by atoms with E-state index in [1.807, 2.05) is 39.0 Å².